The molecule has 0 spiro atoms. The lowest BCUT2D eigenvalue weighted by atomic mass is 10.1. The predicted molar refractivity (Wildman–Crippen MR) is 421 cm³/mol. The third kappa shape index (κ3) is 39.0. The fourth-order valence-electron chi connectivity index (χ4n) is 9.05. The molecule has 0 aliphatic carbocycles. The SMILES string of the molecule is CCOC(=O)C(OCC)OCC.CCOC(C)C(=O)Cc1ccc(OCc2ccccc2)cc1.CCOC(OCC)C(=O)Cc1ccc(O)cc1.ClCc1ccc(OCc2ccccc2)cc1.O=Cc1ccc(O)cc1.O=Cc1ccc(OCc2ccccc2)cc1.OCc1ccc(OCc2ccccc2)cc1. The van der Waals surface area contributed by atoms with Gasteiger partial charge in [0.15, 0.2) is 11.6 Å². The summed E-state index contributed by atoms with van der Waals surface area (Å²) in [6, 6.07) is 82.8. The Labute approximate surface area is 640 Å². The molecule has 0 aromatic heterocycles. The van der Waals surface area contributed by atoms with E-state index in [1.165, 1.54) is 17.7 Å². The highest BCUT2D eigenvalue weighted by Gasteiger charge is 2.20. The van der Waals surface area contributed by atoms with Crippen molar-refractivity contribution in [3.63, 3.8) is 0 Å². The molecule has 0 saturated heterocycles. The van der Waals surface area contributed by atoms with Crippen molar-refractivity contribution in [3.05, 3.63) is 323 Å². The van der Waals surface area contributed by atoms with Crippen molar-refractivity contribution in [2.24, 2.45) is 0 Å². The van der Waals surface area contributed by atoms with E-state index in [2.05, 4.69) is 0 Å². The largest absolute Gasteiger partial charge is 0.508 e. The summed E-state index contributed by atoms with van der Waals surface area (Å²) in [5.74, 6) is 3.71. The first kappa shape index (κ1) is 89.6. The Hall–Kier alpha value is -10.8. The molecule has 19 heteroatoms. The van der Waals surface area contributed by atoms with Crippen LogP contribution in [-0.2, 0) is 94.6 Å². The zero-order valence-corrected chi connectivity index (χ0v) is 63.3. The molecule has 0 radical (unpaired) electrons. The van der Waals surface area contributed by atoms with E-state index in [1.807, 2.05) is 215 Å². The number of ether oxygens (including phenoxy) is 10. The Morgan fingerprint density at radius 1 is 0.343 bits per heavy atom. The molecule has 10 aromatic carbocycles. The third-order valence-electron chi connectivity index (χ3n) is 14.7. The maximum Gasteiger partial charge on any atom is 0.363 e. The van der Waals surface area contributed by atoms with Crippen LogP contribution in [0.5, 0.6) is 34.5 Å². The highest BCUT2D eigenvalue weighted by atomic mass is 35.5. The molecule has 10 rings (SSSR count). The first-order valence-corrected chi connectivity index (χ1v) is 36.1. The molecule has 1 unspecified atom stereocenters. The molecular weight excluding hydrogens is 1390 g/mol. The number of hydrogen-bond acceptors (Lipinski definition) is 18. The Bertz CT molecular complexity index is 3870. The average molecular weight is 1490 g/mol. The first-order valence-electron chi connectivity index (χ1n) is 35.6. The van der Waals surface area contributed by atoms with Crippen LogP contribution in [0, 0.1) is 0 Å². The zero-order chi connectivity index (χ0) is 78.2. The molecule has 572 valence electrons. The van der Waals surface area contributed by atoms with E-state index in [4.69, 9.17) is 74.3 Å². The van der Waals surface area contributed by atoms with Crippen molar-refractivity contribution in [1.82, 2.24) is 0 Å². The van der Waals surface area contributed by atoms with Crippen molar-refractivity contribution in [2.75, 3.05) is 39.6 Å². The van der Waals surface area contributed by atoms with Crippen molar-refractivity contribution >= 4 is 41.7 Å². The number of carbonyl (C=O) groups excluding carboxylic acids is 5. The van der Waals surface area contributed by atoms with Gasteiger partial charge in [0.05, 0.1) is 13.2 Å². The number of rotatable bonds is 34. The van der Waals surface area contributed by atoms with Crippen molar-refractivity contribution in [1.29, 1.82) is 0 Å². The van der Waals surface area contributed by atoms with E-state index in [9.17, 15) is 24.0 Å². The summed E-state index contributed by atoms with van der Waals surface area (Å²) in [5, 5.41) is 26.8. The van der Waals surface area contributed by atoms with Gasteiger partial charge < -0.3 is 62.7 Å². The van der Waals surface area contributed by atoms with Gasteiger partial charge in [-0.25, -0.2) is 4.79 Å². The third-order valence-corrected chi connectivity index (χ3v) is 15.0. The number of aliphatic hydroxyl groups is 1. The summed E-state index contributed by atoms with van der Waals surface area (Å²) in [7, 11) is 0. The van der Waals surface area contributed by atoms with Crippen LogP contribution in [-0.4, -0.2) is 104 Å². The minimum atomic E-state index is -0.861. The number of benzene rings is 10. The fraction of sp³-hybridized carbons (Fsp3) is 0.270. The number of hydrogen-bond donors (Lipinski definition) is 3. The number of esters is 1. The van der Waals surface area contributed by atoms with E-state index in [-0.39, 0.29) is 42.2 Å². The molecule has 0 aliphatic heterocycles. The van der Waals surface area contributed by atoms with Crippen LogP contribution in [0.4, 0.5) is 0 Å². The second-order valence-corrected chi connectivity index (χ2v) is 23.3. The number of ketones is 2. The number of phenols is 2. The van der Waals surface area contributed by atoms with E-state index < -0.39 is 18.5 Å². The lowest BCUT2D eigenvalue weighted by molar-refractivity contribution is -0.192. The van der Waals surface area contributed by atoms with Crippen LogP contribution in [0.25, 0.3) is 0 Å². The summed E-state index contributed by atoms with van der Waals surface area (Å²) < 4.78 is 53.0. The number of phenolic OH excluding ortho intramolecular Hbond substituents is 2. The van der Waals surface area contributed by atoms with Gasteiger partial charge in [0.2, 0.25) is 6.29 Å². The topological polar surface area (TPSA) is 238 Å². The molecule has 0 fully saturated rings. The van der Waals surface area contributed by atoms with Gasteiger partial charge in [0, 0.05) is 62.9 Å². The summed E-state index contributed by atoms with van der Waals surface area (Å²) >= 11 is 5.71. The average Bonchev–Trinajstić information content (AvgIpc) is 0.901. The van der Waals surface area contributed by atoms with E-state index in [1.54, 1.807) is 88.4 Å². The van der Waals surface area contributed by atoms with Crippen molar-refractivity contribution < 1.29 is 86.7 Å². The number of carbonyl (C=O) groups is 5. The van der Waals surface area contributed by atoms with Gasteiger partial charge in [-0.2, -0.15) is 0 Å². The van der Waals surface area contributed by atoms with E-state index in [0.29, 0.717) is 89.5 Å². The minimum absolute atomic E-state index is 0.0684. The molecule has 10 aromatic rings. The number of halogens is 1. The molecule has 1 atom stereocenters. The van der Waals surface area contributed by atoms with Crippen molar-refractivity contribution in [2.45, 2.75) is 119 Å². The van der Waals surface area contributed by atoms with Gasteiger partial charge >= 0.3 is 5.97 Å². The number of Topliss-reactive ketones (excluding diaryl/α,β-unsaturated/α-hetero) is 2. The number of aliphatic hydroxyl groups excluding tert-OH is 1. The standard InChI is InChI=1S/C19H22O3.C14H13ClO.C14H14O2.C14H12O2.C13H18O4.C8H16O4.C7H6O2/c1-3-21-15(2)19(20)13-16-9-11-18(12-10-16)22-14-17-7-5-4-6-8-17;3*15-10-12-6-8-14(9-7-12)16-11-13-4-2-1-3-5-13;1-3-16-13(17-4-2)12(15)9-10-5-7-11(14)8-6-10;1-4-10-7(9)8(11-5-2)12-6-3;8-5-6-1-3-7(9)4-2-6/h4-12,15H,3,13-14H2,1-2H3;1-9H,10-11H2;1-9,15H,10-11H2;1-10H,11H2;5-8,13-14H,3-4,9H2,1-2H3;8H,4-6H2,1-3H3;1-5,9H. The van der Waals surface area contributed by atoms with Crippen LogP contribution in [0.2, 0.25) is 0 Å². The highest BCUT2D eigenvalue weighted by molar-refractivity contribution is 6.17. The van der Waals surface area contributed by atoms with Crippen LogP contribution >= 0.6 is 11.6 Å². The molecule has 0 heterocycles. The van der Waals surface area contributed by atoms with Crippen LogP contribution in [0.3, 0.4) is 0 Å². The minimum Gasteiger partial charge on any atom is -0.508 e. The summed E-state index contributed by atoms with van der Waals surface area (Å²) in [6.07, 6.45) is 0.184. The van der Waals surface area contributed by atoms with Crippen LogP contribution in [0.1, 0.15) is 114 Å². The predicted octanol–water partition coefficient (Wildman–Crippen LogP) is 17.7. The van der Waals surface area contributed by atoms with Gasteiger partial charge in [0.25, 0.3) is 6.29 Å². The second kappa shape index (κ2) is 55.6. The number of aromatic hydroxyl groups is 2. The molecule has 18 nitrogen and oxygen atoms in total. The van der Waals surface area contributed by atoms with E-state index in [0.717, 1.165) is 74.5 Å². The molecule has 0 saturated carbocycles. The Balaban J connectivity index is 0.000000270. The van der Waals surface area contributed by atoms with Gasteiger partial charge in [-0.3, -0.25) is 19.2 Å². The summed E-state index contributed by atoms with van der Waals surface area (Å²) in [6.45, 7) is 17.6. The summed E-state index contributed by atoms with van der Waals surface area (Å²) in [4.78, 5) is 55.4. The molecule has 108 heavy (non-hydrogen) atoms. The van der Waals surface area contributed by atoms with Gasteiger partial charge in [-0.05, 0) is 190 Å². The lowest BCUT2D eigenvalue weighted by Crippen LogP contribution is -2.29. The Kier molecular flexibility index (Phi) is 46.1. The zero-order valence-electron chi connectivity index (χ0n) is 62.5. The molecule has 0 amide bonds. The maximum atomic E-state index is 11.9. The van der Waals surface area contributed by atoms with Crippen LogP contribution in [0.15, 0.2) is 267 Å². The molecule has 0 bridgehead atoms. The fourth-order valence-corrected chi connectivity index (χ4v) is 9.23. The normalized spacial score (nSPS) is 10.4. The maximum absolute atomic E-state index is 11.9. The lowest BCUT2D eigenvalue weighted by Gasteiger charge is -2.15. The monoisotopic (exact) mass is 1490 g/mol. The Morgan fingerprint density at radius 2 is 0.630 bits per heavy atom. The van der Waals surface area contributed by atoms with E-state index >= 15 is 0 Å². The highest BCUT2D eigenvalue weighted by Crippen LogP contribution is 2.20. The van der Waals surface area contributed by atoms with Gasteiger partial charge in [-0.1, -0.05) is 170 Å². The molecule has 3 N–H and O–H groups in total. The van der Waals surface area contributed by atoms with Gasteiger partial charge in [0.1, 0.15) is 79.6 Å². The quantitative estimate of drug-likeness (QED) is 0.0147. The van der Waals surface area contributed by atoms with Crippen molar-refractivity contribution in [3.8, 4) is 34.5 Å². The first-order chi connectivity index (χ1) is 52.6. The second-order valence-electron chi connectivity index (χ2n) is 23.0. The van der Waals surface area contributed by atoms with Gasteiger partial charge in [-0.15, -0.1) is 11.6 Å². The Morgan fingerprint density at radius 3 is 0.944 bits per heavy atom. The van der Waals surface area contributed by atoms with Crippen LogP contribution < -0.4 is 18.9 Å². The number of alkyl halides is 1. The molecule has 0 aliphatic rings. The number of aldehydes is 2. The summed E-state index contributed by atoms with van der Waals surface area (Å²) in [5.41, 5.74) is 9.62. The smallest absolute Gasteiger partial charge is 0.363 e. The molecular formula is C89H101ClO18.